The highest BCUT2D eigenvalue weighted by Gasteiger charge is 2.15. The number of carbonyl (C=O) groups excluding carboxylic acids is 1. The number of rotatable bonds is 7. The summed E-state index contributed by atoms with van der Waals surface area (Å²) in [6, 6.07) is 7.40. The second-order valence-electron chi connectivity index (χ2n) is 4.56. The molecule has 22 heavy (non-hydrogen) atoms. The van der Waals surface area contributed by atoms with E-state index in [2.05, 4.69) is 4.98 Å². The number of amides is 1. The molecule has 0 bridgehead atoms. The Labute approximate surface area is 133 Å². The van der Waals surface area contributed by atoms with Gasteiger partial charge in [0.05, 0.1) is 13.7 Å². The van der Waals surface area contributed by atoms with Gasteiger partial charge in [-0.3, -0.25) is 4.79 Å². The maximum Gasteiger partial charge on any atom is 0.273 e. The van der Waals surface area contributed by atoms with Crippen LogP contribution >= 0.6 is 11.3 Å². The number of thiazole rings is 1. The Kier molecular flexibility index (Phi) is 5.74. The van der Waals surface area contributed by atoms with E-state index in [9.17, 15) is 4.79 Å². The van der Waals surface area contributed by atoms with Crippen LogP contribution in [0.15, 0.2) is 29.6 Å². The first-order valence-corrected chi connectivity index (χ1v) is 7.69. The predicted octanol–water partition coefficient (Wildman–Crippen LogP) is 1.76. The lowest BCUT2D eigenvalue weighted by Crippen LogP contribution is -2.31. The minimum atomic E-state index is -0.139. The van der Waals surface area contributed by atoms with Crippen molar-refractivity contribution < 1.29 is 14.3 Å². The number of hydrogen-bond donors (Lipinski definition) is 1. The molecule has 0 saturated heterocycles. The van der Waals surface area contributed by atoms with Gasteiger partial charge in [0, 0.05) is 19.0 Å². The van der Waals surface area contributed by atoms with E-state index in [1.807, 2.05) is 24.3 Å². The number of nitrogens with zero attached hydrogens (tertiary/aromatic N) is 2. The maximum atomic E-state index is 12.2. The van der Waals surface area contributed by atoms with Crippen LogP contribution in [0.1, 0.15) is 15.5 Å². The van der Waals surface area contributed by atoms with Gasteiger partial charge in [-0.25, -0.2) is 4.98 Å². The van der Waals surface area contributed by atoms with E-state index in [1.165, 1.54) is 11.3 Å². The number of hydrogen-bond acceptors (Lipinski definition) is 6. The van der Waals surface area contributed by atoms with Gasteiger partial charge in [0.25, 0.3) is 5.91 Å². The zero-order chi connectivity index (χ0) is 15.9. The molecular weight excluding hydrogens is 302 g/mol. The number of ether oxygens (including phenoxy) is 2. The van der Waals surface area contributed by atoms with E-state index in [4.69, 9.17) is 15.2 Å². The normalized spacial score (nSPS) is 10.3. The van der Waals surface area contributed by atoms with Gasteiger partial charge >= 0.3 is 0 Å². The second-order valence-corrected chi connectivity index (χ2v) is 5.50. The van der Waals surface area contributed by atoms with Gasteiger partial charge in [-0.05, 0) is 12.1 Å². The third kappa shape index (κ3) is 3.96. The molecule has 0 unspecified atom stereocenters. The van der Waals surface area contributed by atoms with Crippen molar-refractivity contribution in [3.8, 4) is 11.5 Å². The van der Waals surface area contributed by atoms with E-state index in [1.54, 1.807) is 24.4 Å². The molecule has 2 rings (SSSR count). The molecule has 0 atom stereocenters. The van der Waals surface area contributed by atoms with Gasteiger partial charge in [-0.15, -0.1) is 11.3 Å². The van der Waals surface area contributed by atoms with Crippen molar-refractivity contribution >= 4 is 17.2 Å². The summed E-state index contributed by atoms with van der Waals surface area (Å²) in [5.74, 6) is 1.19. The predicted molar refractivity (Wildman–Crippen MR) is 85.5 cm³/mol. The number of aromatic nitrogens is 1. The standard InChI is InChI=1S/C15H19N3O3S/c1-18(15(19)11-10-22-14(9-16)17-11)7-8-21-13-6-4-3-5-12(13)20-2/h3-6,10H,7-9,16H2,1-2H3. The Morgan fingerprint density at radius 1 is 1.36 bits per heavy atom. The molecule has 0 saturated carbocycles. The number of benzene rings is 1. The topological polar surface area (TPSA) is 77.7 Å². The molecule has 1 amide bonds. The van der Waals surface area contributed by atoms with Crippen molar-refractivity contribution in [1.29, 1.82) is 0 Å². The quantitative estimate of drug-likeness (QED) is 0.841. The summed E-state index contributed by atoms with van der Waals surface area (Å²) in [4.78, 5) is 17.9. The zero-order valence-electron chi connectivity index (χ0n) is 12.6. The maximum absolute atomic E-state index is 12.2. The summed E-state index contributed by atoms with van der Waals surface area (Å²) in [6.07, 6.45) is 0. The van der Waals surface area contributed by atoms with Crippen molar-refractivity contribution in [3.63, 3.8) is 0 Å². The van der Waals surface area contributed by atoms with E-state index in [-0.39, 0.29) is 5.91 Å². The van der Waals surface area contributed by atoms with Crippen LogP contribution in [-0.4, -0.2) is 43.1 Å². The highest BCUT2D eigenvalue weighted by molar-refractivity contribution is 7.09. The molecule has 2 aromatic rings. The first-order chi connectivity index (χ1) is 10.7. The summed E-state index contributed by atoms with van der Waals surface area (Å²) in [5, 5.41) is 2.48. The van der Waals surface area contributed by atoms with E-state index >= 15 is 0 Å². The van der Waals surface area contributed by atoms with Gasteiger partial charge < -0.3 is 20.1 Å². The smallest absolute Gasteiger partial charge is 0.273 e. The summed E-state index contributed by atoms with van der Waals surface area (Å²) in [6.45, 7) is 1.17. The van der Waals surface area contributed by atoms with Gasteiger partial charge in [-0.2, -0.15) is 0 Å². The largest absolute Gasteiger partial charge is 0.493 e. The Balaban J connectivity index is 1.87. The van der Waals surface area contributed by atoms with Crippen LogP contribution in [0, 0.1) is 0 Å². The Bertz CT molecular complexity index is 630. The number of likely N-dealkylation sites (N-methyl/N-ethyl adjacent to an activating group) is 1. The van der Waals surface area contributed by atoms with E-state index < -0.39 is 0 Å². The zero-order valence-corrected chi connectivity index (χ0v) is 13.4. The SMILES string of the molecule is COc1ccccc1OCCN(C)C(=O)c1csc(CN)n1. The fourth-order valence-corrected chi connectivity index (χ4v) is 2.48. The molecule has 7 heteroatoms. The first-order valence-electron chi connectivity index (χ1n) is 6.81. The molecule has 0 aliphatic carbocycles. The Morgan fingerprint density at radius 2 is 2.09 bits per heavy atom. The molecular formula is C15H19N3O3S. The molecule has 1 aromatic carbocycles. The fraction of sp³-hybridized carbons (Fsp3) is 0.333. The molecule has 118 valence electrons. The molecule has 0 aliphatic heterocycles. The molecule has 0 spiro atoms. The van der Waals surface area contributed by atoms with Crippen LogP contribution in [0.2, 0.25) is 0 Å². The highest BCUT2D eigenvalue weighted by Crippen LogP contribution is 2.25. The summed E-state index contributed by atoms with van der Waals surface area (Å²) in [5.41, 5.74) is 5.92. The van der Waals surface area contributed by atoms with Crippen molar-refractivity contribution in [2.75, 3.05) is 27.3 Å². The number of carbonyl (C=O) groups is 1. The Hall–Kier alpha value is -2.12. The number of methoxy groups -OCH3 is 1. The summed E-state index contributed by atoms with van der Waals surface area (Å²) < 4.78 is 10.9. The van der Waals surface area contributed by atoms with Crippen molar-refractivity contribution in [3.05, 3.63) is 40.3 Å². The number of para-hydroxylation sites is 2. The monoisotopic (exact) mass is 321 g/mol. The van der Waals surface area contributed by atoms with Crippen LogP contribution in [0.5, 0.6) is 11.5 Å². The molecule has 6 nitrogen and oxygen atoms in total. The Morgan fingerprint density at radius 3 is 2.73 bits per heavy atom. The van der Waals surface area contributed by atoms with Crippen LogP contribution in [-0.2, 0) is 6.54 Å². The molecule has 1 aromatic heterocycles. The summed E-state index contributed by atoms with van der Waals surface area (Å²) >= 11 is 1.39. The van der Waals surface area contributed by atoms with E-state index in [0.29, 0.717) is 36.9 Å². The van der Waals surface area contributed by atoms with Crippen molar-refractivity contribution in [2.45, 2.75) is 6.54 Å². The van der Waals surface area contributed by atoms with Gasteiger partial charge in [-0.1, -0.05) is 12.1 Å². The molecule has 0 aliphatic rings. The van der Waals surface area contributed by atoms with Gasteiger partial charge in [0.2, 0.25) is 0 Å². The minimum absolute atomic E-state index is 0.139. The van der Waals surface area contributed by atoms with Crippen LogP contribution < -0.4 is 15.2 Å². The van der Waals surface area contributed by atoms with Crippen LogP contribution in [0.4, 0.5) is 0 Å². The fourth-order valence-electron chi connectivity index (χ4n) is 1.83. The molecule has 1 heterocycles. The average Bonchev–Trinajstić information content (AvgIpc) is 3.03. The third-order valence-corrected chi connectivity index (χ3v) is 3.92. The van der Waals surface area contributed by atoms with Crippen molar-refractivity contribution in [2.24, 2.45) is 5.73 Å². The summed E-state index contributed by atoms with van der Waals surface area (Å²) in [7, 11) is 3.31. The van der Waals surface area contributed by atoms with Crippen LogP contribution in [0.3, 0.4) is 0 Å². The second kappa shape index (κ2) is 7.77. The molecule has 0 radical (unpaired) electrons. The lowest BCUT2D eigenvalue weighted by atomic mass is 10.3. The highest BCUT2D eigenvalue weighted by atomic mass is 32.1. The lowest BCUT2D eigenvalue weighted by Gasteiger charge is -2.17. The third-order valence-electron chi connectivity index (χ3n) is 3.05. The minimum Gasteiger partial charge on any atom is -0.493 e. The van der Waals surface area contributed by atoms with Crippen molar-refractivity contribution in [1.82, 2.24) is 9.88 Å². The molecule has 0 fully saturated rings. The van der Waals surface area contributed by atoms with Gasteiger partial charge in [0.15, 0.2) is 11.5 Å². The van der Waals surface area contributed by atoms with Gasteiger partial charge in [0.1, 0.15) is 17.3 Å². The first kappa shape index (κ1) is 16.3. The molecule has 2 N–H and O–H groups in total. The lowest BCUT2D eigenvalue weighted by molar-refractivity contribution is 0.0768. The van der Waals surface area contributed by atoms with Crippen LogP contribution in [0.25, 0.3) is 0 Å². The average molecular weight is 321 g/mol. The number of nitrogens with two attached hydrogens (primary N) is 1. The van der Waals surface area contributed by atoms with E-state index in [0.717, 1.165) is 5.01 Å².